The van der Waals surface area contributed by atoms with Gasteiger partial charge in [0, 0.05) is 12.6 Å². The summed E-state index contributed by atoms with van der Waals surface area (Å²) >= 11 is 0. The Bertz CT molecular complexity index is 458. The van der Waals surface area contributed by atoms with Gasteiger partial charge in [0.2, 0.25) is 0 Å². The van der Waals surface area contributed by atoms with E-state index in [1.165, 1.54) is 6.08 Å². The van der Waals surface area contributed by atoms with Crippen molar-refractivity contribution in [1.29, 1.82) is 5.41 Å². The number of benzene rings is 1. The molecule has 0 heterocycles. The van der Waals surface area contributed by atoms with Gasteiger partial charge in [-0.1, -0.05) is 18.2 Å². The molecule has 1 rings (SSSR count). The number of hydrogen-bond donors (Lipinski definition) is 3. The molecule has 0 bridgehead atoms. The lowest BCUT2D eigenvalue weighted by Gasteiger charge is -2.06. The van der Waals surface area contributed by atoms with Crippen LogP contribution in [0.25, 0.3) is 6.08 Å². The standard InChI is InChI=1S/C14H19N3O/c1-4-16-14(15)17-13(18)9-8-12-10(2)6-5-7-11(12)3/h5-9H,4H2,1-3H3,(H3,15,16,17,18)/b9-8+. The first-order valence-electron chi connectivity index (χ1n) is 5.92. The van der Waals surface area contributed by atoms with E-state index >= 15 is 0 Å². The molecule has 1 aromatic rings. The second kappa shape index (κ2) is 6.59. The fourth-order valence-corrected chi connectivity index (χ4v) is 1.64. The molecule has 4 nitrogen and oxygen atoms in total. The largest absolute Gasteiger partial charge is 0.357 e. The van der Waals surface area contributed by atoms with Crippen LogP contribution in [0.5, 0.6) is 0 Å². The monoisotopic (exact) mass is 245 g/mol. The van der Waals surface area contributed by atoms with E-state index in [2.05, 4.69) is 10.6 Å². The Kier molecular flexibility index (Phi) is 5.11. The SMILES string of the molecule is CCNC(=N)NC(=O)/C=C/c1c(C)cccc1C. The maximum Gasteiger partial charge on any atom is 0.250 e. The van der Waals surface area contributed by atoms with E-state index in [0.29, 0.717) is 6.54 Å². The molecular weight excluding hydrogens is 226 g/mol. The molecule has 0 aliphatic carbocycles. The molecule has 0 aliphatic heterocycles. The molecule has 4 heteroatoms. The van der Waals surface area contributed by atoms with Gasteiger partial charge in [0.1, 0.15) is 0 Å². The highest BCUT2D eigenvalue weighted by molar-refractivity contribution is 6.03. The molecule has 18 heavy (non-hydrogen) atoms. The van der Waals surface area contributed by atoms with Crippen molar-refractivity contribution in [1.82, 2.24) is 10.6 Å². The van der Waals surface area contributed by atoms with Crippen molar-refractivity contribution in [3.05, 3.63) is 41.0 Å². The minimum Gasteiger partial charge on any atom is -0.357 e. The summed E-state index contributed by atoms with van der Waals surface area (Å²) in [6, 6.07) is 6.00. The van der Waals surface area contributed by atoms with E-state index in [9.17, 15) is 4.79 Å². The molecule has 0 fully saturated rings. The van der Waals surface area contributed by atoms with Crippen LogP contribution < -0.4 is 10.6 Å². The second-order valence-corrected chi connectivity index (χ2v) is 4.03. The Morgan fingerprint density at radius 2 is 1.94 bits per heavy atom. The van der Waals surface area contributed by atoms with Crippen LogP contribution in [0.15, 0.2) is 24.3 Å². The molecule has 96 valence electrons. The average molecular weight is 245 g/mol. The predicted molar refractivity (Wildman–Crippen MR) is 74.5 cm³/mol. The number of nitrogens with one attached hydrogen (secondary N) is 3. The molecule has 0 unspecified atom stereocenters. The van der Waals surface area contributed by atoms with Gasteiger partial charge in [-0.25, -0.2) is 0 Å². The minimum absolute atomic E-state index is 0.0219. The van der Waals surface area contributed by atoms with Crippen LogP contribution in [0.3, 0.4) is 0 Å². The van der Waals surface area contributed by atoms with E-state index in [1.54, 1.807) is 6.08 Å². The van der Waals surface area contributed by atoms with Crippen LogP contribution in [0.2, 0.25) is 0 Å². The van der Waals surface area contributed by atoms with E-state index in [-0.39, 0.29) is 11.9 Å². The molecule has 0 atom stereocenters. The summed E-state index contributed by atoms with van der Waals surface area (Å²) in [6.45, 7) is 6.49. The number of amides is 1. The van der Waals surface area contributed by atoms with Crippen LogP contribution in [0.4, 0.5) is 0 Å². The van der Waals surface area contributed by atoms with Crippen LogP contribution in [-0.2, 0) is 4.79 Å². The molecule has 0 radical (unpaired) electrons. The summed E-state index contributed by atoms with van der Waals surface area (Å²) in [5.74, 6) is -0.280. The number of carbonyl (C=O) groups excluding carboxylic acids is 1. The predicted octanol–water partition coefficient (Wildman–Crippen LogP) is 1.98. The van der Waals surface area contributed by atoms with Crippen LogP contribution in [-0.4, -0.2) is 18.4 Å². The molecule has 1 aromatic carbocycles. The van der Waals surface area contributed by atoms with Crippen molar-refractivity contribution in [2.24, 2.45) is 0 Å². The first kappa shape index (κ1) is 14.0. The molecular formula is C14H19N3O. The van der Waals surface area contributed by atoms with Crippen molar-refractivity contribution in [2.75, 3.05) is 6.54 Å². The van der Waals surface area contributed by atoms with Gasteiger partial charge in [0.05, 0.1) is 0 Å². The van der Waals surface area contributed by atoms with E-state index in [4.69, 9.17) is 5.41 Å². The van der Waals surface area contributed by atoms with Crippen molar-refractivity contribution in [3.8, 4) is 0 Å². The van der Waals surface area contributed by atoms with Gasteiger partial charge in [-0.05, 0) is 43.5 Å². The summed E-state index contributed by atoms with van der Waals surface area (Å²) in [5, 5.41) is 12.6. The van der Waals surface area contributed by atoms with Gasteiger partial charge in [-0.15, -0.1) is 0 Å². The topological polar surface area (TPSA) is 65.0 Å². The Hall–Kier alpha value is -2.10. The quantitative estimate of drug-likeness (QED) is 0.433. The lowest BCUT2D eigenvalue weighted by molar-refractivity contribution is -0.115. The Balaban J connectivity index is 2.69. The molecule has 3 N–H and O–H groups in total. The van der Waals surface area contributed by atoms with Crippen molar-refractivity contribution < 1.29 is 4.79 Å². The van der Waals surface area contributed by atoms with Gasteiger partial charge in [0.25, 0.3) is 5.91 Å². The fraction of sp³-hybridized carbons (Fsp3) is 0.286. The van der Waals surface area contributed by atoms with E-state index in [1.807, 2.05) is 39.0 Å². The molecule has 0 saturated carbocycles. The Morgan fingerprint density at radius 1 is 1.33 bits per heavy atom. The molecule has 0 aromatic heterocycles. The first-order valence-corrected chi connectivity index (χ1v) is 5.92. The molecule has 0 spiro atoms. The van der Waals surface area contributed by atoms with Gasteiger partial charge >= 0.3 is 0 Å². The Labute approximate surface area is 108 Å². The highest BCUT2D eigenvalue weighted by Gasteiger charge is 2.01. The molecule has 1 amide bonds. The fourth-order valence-electron chi connectivity index (χ4n) is 1.64. The van der Waals surface area contributed by atoms with Gasteiger partial charge in [-0.2, -0.15) is 0 Å². The number of aryl methyl sites for hydroxylation is 2. The first-order chi connectivity index (χ1) is 8.54. The maximum atomic E-state index is 11.5. The number of hydrogen-bond acceptors (Lipinski definition) is 2. The highest BCUT2D eigenvalue weighted by atomic mass is 16.1. The lowest BCUT2D eigenvalue weighted by Crippen LogP contribution is -2.39. The number of rotatable bonds is 3. The third-order valence-corrected chi connectivity index (χ3v) is 2.55. The zero-order valence-electron chi connectivity index (χ0n) is 11.0. The Morgan fingerprint density at radius 3 is 2.50 bits per heavy atom. The van der Waals surface area contributed by atoms with Crippen LogP contribution in [0, 0.1) is 19.3 Å². The highest BCUT2D eigenvalue weighted by Crippen LogP contribution is 2.14. The van der Waals surface area contributed by atoms with E-state index < -0.39 is 0 Å². The zero-order chi connectivity index (χ0) is 13.5. The summed E-state index contributed by atoms with van der Waals surface area (Å²) in [5.41, 5.74) is 3.30. The normalized spacial score (nSPS) is 10.4. The van der Waals surface area contributed by atoms with Gasteiger partial charge < -0.3 is 5.32 Å². The van der Waals surface area contributed by atoms with Crippen LogP contribution >= 0.6 is 0 Å². The summed E-state index contributed by atoms with van der Waals surface area (Å²) in [6.07, 6.45) is 3.22. The third kappa shape index (κ3) is 4.05. The van der Waals surface area contributed by atoms with Crippen molar-refractivity contribution in [3.63, 3.8) is 0 Å². The number of carbonyl (C=O) groups is 1. The minimum atomic E-state index is -0.302. The van der Waals surface area contributed by atoms with Crippen LogP contribution in [0.1, 0.15) is 23.6 Å². The second-order valence-electron chi connectivity index (χ2n) is 4.03. The summed E-state index contributed by atoms with van der Waals surface area (Å²) in [7, 11) is 0. The van der Waals surface area contributed by atoms with Crippen molar-refractivity contribution >= 4 is 17.9 Å². The average Bonchev–Trinajstić information content (AvgIpc) is 2.28. The lowest BCUT2D eigenvalue weighted by atomic mass is 10.0. The summed E-state index contributed by atoms with van der Waals surface area (Å²) < 4.78 is 0. The van der Waals surface area contributed by atoms with Gasteiger partial charge in [0.15, 0.2) is 5.96 Å². The maximum absolute atomic E-state index is 11.5. The van der Waals surface area contributed by atoms with Gasteiger partial charge in [-0.3, -0.25) is 15.5 Å². The zero-order valence-corrected chi connectivity index (χ0v) is 11.0. The third-order valence-electron chi connectivity index (χ3n) is 2.55. The van der Waals surface area contributed by atoms with Crippen molar-refractivity contribution in [2.45, 2.75) is 20.8 Å². The summed E-state index contributed by atoms with van der Waals surface area (Å²) in [4.78, 5) is 11.5. The number of guanidine groups is 1. The van der Waals surface area contributed by atoms with E-state index in [0.717, 1.165) is 16.7 Å². The molecule has 0 saturated heterocycles. The smallest absolute Gasteiger partial charge is 0.250 e. The molecule has 0 aliphatic rings.